The maximum absolute atomic E-state index is 6.22. The van der Waals surface area contributed by atoms with Crippen molar-refractivity contribution in [3.8, 4) is 95.0 Å². The molecule has 27 aromatic rings. The molecule has 0 unspecified atom stereocenters. The van der Waals surface area contributed by atoms with Gasteiger partial charge in [-0.2, -0.15) is 0 Å². The molecule has 10 heteroatoms. The van der Waals surface area contributed by atoms with E-state index in [1.165, 1.54) is 116 Å². The van der Waals surface area contributed by atoms with Gasteiger partial charge in [-0.15, -0.1) is 0 Å². The normalized spacial score (nSPS) is 13.2. The number of anilines is 6. The van der Waals surface area contributed by atoms with Gasteiger partial charge in [-0.1, -0.05) is 340 Å². The fraction of sp³-hybridized carbons (Fsp3) is 0.0652. The van der Waals surface area contributed by atoms with Gasteiger partial charge in [0.2, 0.25) is 0 Å². The number of nitrogens with zero attached hydrogens (tertiary/aromatic N) is 8. The zero-order valence-electron chi connectivity index (χ0n) is 82.6. The van der Waals surface area contributed by atoms with Crippen molar-refractivity contribution >= 4 is 143 Å². The fourth-order valence-corrected chi connectivity index (χ4v) is 23.9. The lowest BCUT2D eigenvalue weighted by Crippen LogP contribution is -2.16. The van der Waals surface area contributed by atoms with Crippen molar-refractivity contribution in [2.24, 2.45) is 0 Å². The van der Waals surface area contributed by atoms with Gasteiger partial charge in [0.1, 0.15) is 45.3 Å². The summed E-state index contributed by atoms with van der Waals surface area (Å²) in [6.45, 7) is 13.7. The van der Waals surface area contributed by atoms with Gasteiger partial charge >= 0.3 is 0 Å². The molecule has 148 heavy (non-hydrogen) atoms. The lowest BCUT2D eigenvalue weighted by atomic mass is 9.85. The van der Waals surface area contributed by atoms with Gasteiger partial charge in [0.25, 0.3) is 0 Å². The van der Waals surface area contributed by atoms with E-state index in [1.807, 2.05) is 24.3 Å². The number of hydrogen-bond acceptors (Lipinski definition) is 7. The van der Waals surface area contributed by atoms with Gasteiger partial charge in [0.05, 0.1) is 66.6 Å². The second-order valence-electron chi connectivity index (χ2n) is 40.9. The zero-order chi connectivity index (χ0) is 98.8. The van der Waals surface area contributed by atoms with Gasteiger partial charge in [0.15, 0.2) is 0 Å². The predicted octanol–water partition coefficient (Wildman–Crippen LogP) is 36.9. The van der Waals surface area contributed by atoms with Crippen molar-refractivity contribution in [3.05, 3.63) is 519 Å². The summed E-state index contributed by atoms with van der Waals surface area (Å²) in [6, 6.07) is 174. The van der Waals surface area contributed by atoms with Crippen LogP contribution in [0.3, 0.4) is 0 Å². The minimum absolute atomic E-state index is 0.155. The minimum atomic E-state index is -0.213. The van der Waals surface area contributed by atoms with Crippen LogP contribution in [-0.2, 0) is 16.2 Å². The Morgan fingerprint density at radius 1 is 0.203 bits per heavy atom. The quantitative estimate of drug-likeness (QED) is 0.106. The number of benzene rings is 22. The number of fused-ring (bicyclic) bond motifs is 27. The van der Waals surface area contributed by atoms with E-state index in [0.717, 1.165) is 156 Å². The van der Waals surface area contributed by atoms with Gasteiger partial charge < -0.3 is 18.6 Å². The van der Waals surface area contributed by atoms with Crippen LogP contribution in [-0.4, -0.2) is 28.7 Å². The second-order valence-corrected chi connectivity index (χ2v) is 40.9. The monoisotopic (exact) mass is 1900 g/mol. The fourth-order valence-electron chi connectivity index (χ4n) is 23.9. The molecule has 0 spiro atoms. The molecule has 3 aliphatic rings. The van der Waals surface area contributed by atoms with Crippen LogP contribution >= 0.6 is 0 Å². The molecule has 0 N–H and O–H groups in total. The Bertz CT molecular complexity index is 9980. The average Bonchev–Trinajstić information content (AvgIpc) is 1.57. The Morgan fingerprint density at radius 2 is 0.527 bits per heavy atom. The highest BCUT2D eigenvalue weighted by molar-refractivity contribution is 6.26. The van der Waals surface area contributed by atoms with Crippen LogP contribution in [0.15, 0.2) is 494 Å². The molecule has 8 heterocycles. The minimum Gasteiger partial charge on any atom is -0.456 e. The van der Waals surface area contributed by atoms with Gasteiger partial charge in [-0.25, -0.2) is 15.0 Å². The molecule has 0 radical (unpaired) electrons. The summed E-state index contributed by atoms with van der Waals surface area (Å²) < 4.78 is 19.5. The van der Waals surface area contributed by atoms with E-state index in [1.54, 1.807) is 0 Å². The van der Waals surface area contributed by atoms with Crippen LogP contribution in [0.5, 0.6) is 0 Å². The summed E-state index contributed by atoms with van der Waals surface area (Å²) in [5.41, 5.74) is 40.0. The molecule has 0 amide bonds. The van der Waals surface area contributed by atoms with Crippen LogP contribution in [0.1, 0.15) is 75.7 Å². The molecule has 10 nitrogen and oxygen atoms in total. The first-order chi connectivity index (χ1) is 72.7. The van der Waals surface area contributed by atoms with E-state index >= 15 is 0 Å². The van der Waals surface area contributed by atoms with Crippen LogP contribution in [0, 0.1) is 0 Å². The number of rotatable bonds is 13. The third-order valence-corrected chi connectivity index (χ3v) is 31.2. The second kappa shape index (κ2) is 34.2. The average molecular weight is 1900 g/mol. The molecule has 0 fully saturated rings. The molecule has 0 atom stereocenters. The summed E-state index contributed by atoms with van der Waals surface area (Å²) in [5, 5.41) is 12.3. The Balaban J connectivity index is 0.000000107. The Hall–Kier alpha value is -18.8. The molecule has 22 aromatic carbocycles. The molecular formula is C138H98N8O2. The molecule has 0 saturated carbocycles. The SMILES string of the molecule is CC1(C)c2ccccc2-n2c1nc1c(-c3cccc(-c4cccc(-c5ccc6c7ccccc7c7ccccc7c6c5)c4)c3)cccc12.CC1(C)c2ccccc2-n2c1nc1c(N(c3ccc(-c4ccccc4)cc3)c3ccc(-c4cccc5oc6ccccc6c45)cc3)cccc12.CC1(C)c2ccccc2-n2c1nc1cc(N(c3ccc(-c4ccccc4)cc3)c3ccc(-c4cccc5oc6ccccc6c45)cc3)ccc12. The van der Waals surface area contributed by atoms with Gasteiger partial charge in [-0.05, 0) is 308 Å². The summed E-state index contributed by atoms with van der Waals surface area (Å²) in [6.07, 6.45) is 0. The Kier molecular flexibility index (Phi) is 20.1. The topological polar surface area (TPSA) is 86.2 Å². The first-order valence-electron chi connectivity index (χ1n) is 51.0. The van der Waals surface area contributed by atoms with Gasteiger partial charge in [0, 0.05) is 55.5 Å². The lowest BCUT2D eigenvalue weighted by Gasteiger charge is -2.26. The third kappa shape index (κ3) is 14.0. The van der Waals surface area contributed by atoms with Crippen molar-refractivity contribution in [1.82, 2.24) is 28.7 Å². The highest BCUT2D eigenvalue weighted by Gasteiger charge is 2.43. The number of hydrogen-bond donors (Lipinski definition) is 0. The van der Waals surface area contributed by atoms with E-state index in [0.29, 0.717) is 0 Å². The maximum Gasteiger partial charge on any atom is 0.136 e. The van der Waals surface area contributed by atoms with Crippen LogP contribution in [0.2, 0.25) is 0 Å². The van der Waals surface area contributed by atoms with Crippen LogP contribution < -0.4 is 9.80 Å². The van der Waals surface area contributed by atoms with Crippen LogP contribution in [0.25, 0.3) is 204 Å². The Morgan fingerprint density at radius 3 is 1.02 bits per heavy atom. The van der Waals surface area contributed by atoms with E-state index in [9.17, 15) is 0 Å². The van der Waals surface area contributed by atoms with Crippen molar-refractivity contribution in [2.75, 3.05) is 9.80 Å². The number of aromatic nitrogens is 6. The van der Waals surface area contributed by atoms with Crippen molar-refractivity contribution in [1.29, 1.82) is 0 Å². The molecule has 0 saturated heterocycles. The highest BCUT2D eigenvalue weighted by Crippen LogP contribution is 2.53. The van der Waals surface area contributed by atoms with Crippen LogP contribution in [0.4, 0.5) is 34.1 Å². The van der Waals surface area contributed by atoms with Crippen molar-refractivity contribution in [3.63, 3.8) is 0 Å². The van der Waals surface area contributed by atoms with Crippen molar-refractivity contribution in [2.45, 2.75) is 57.8 Å². The number of para-hydroxylation sites is 7. The molecular weight excluding hydrogens is 1800 g/mol. The van der Waals surface area contributed by atoms with E-state index in [-0.39, 0.29) is 16.2 Å². The third-order valence-electron chi connectivity index (χ3n) is 31.2. The first kappa shape index (κ1) is 87.1. The molecule has 0 aliphatic carbocycles. The standard InChI is InChI=1S/2C46H33N3O.C46H32N2/c1-46(2)37-16-7-8-17-38(37)49-40-19-11-18-39(44(40)47-45(46)49)48(33-26-22-31(23-27-33)30-12-4-3-5-13-30)34-28-24-32(25-29-34)35-15-10-21-42-43(35)36-14-6-9-20-41(36)50-42;1-46(2)38-15-7-8-16-40(38)49-41-28-27-35(29-39(41)47-45(46)49)48(33-23-19-31(20-24-33)30-11-4-3-5-12-30)34-25-21-32(22-26-34)36-14-10-18-43-44(36)37-13-6-9-17-42(37)50-43;1-46(2)41-21-7-8-22-42(41)48-43-23-11-20-34(44(43)47-45(46)48)33-15-10-14-31(27-33)29-12-9-13-30(26-29)32-24-25-39-37-18-4-3-16-35(37)36-17-5-6-19-38(36)40(39)28-32/h2*3-29H,1-2H3;3-28H,1-2H3. The summed E-state index contributed by atoms with van der Waals surface area (Å²) in [7, 11) is 0. The summed E-state index contributed by atoms with van der Waals surface area (Å²) >= 11 is 0. The predicted molar refractivity (Wildman–Crippen MR) is 614 cm³/mol. The molecule has 702 valence electrons. The molecule has 5 aromatic heterocycles. The summed E-state index contributed by atoms with van der Waals surface area (Å²) in [4.78, 5) is 20.7. The molecule has 0 bridgehead atoms. The van der Waals surface area contributed by atoms with Gasteiger partial charge in [-0.3, -0.25) is 13.7 Å². The highest BCUT2D eigenvalue weighted by atomic mass is 16.3. The van der Waals surface area contributed by atoms with E-state index < -0.39 is 0 Å². The van der Waals surface area contributed by atoms with E-state index in [2.05, 4.69) is 526 Å². The Labute approximate surface area is 856 Å². The largest absolute Gasteiger partial charge is 0.456 e. The first-order valence-corrected chi connectivity index (χ1v) is 51.0. The zero-order valence-corrected chi connectivity index (χ0v) is 82.6. The lowest BCUT2D eigenvalue weighted by molar-refractivity contribution is 0.621. The maximum atomic E-state index is 6.22. The summed E-state index contributed by atoms with van der Waals surface area (Å²) in [5.74, 6) is 3.25. The van der Waals surface area contributed by atoms with Crippen molar-refractivity contribution < 1.29 is 8.83 Å². The van der Waals surface area contributed by atoms with E-state index in [4.69, 9.17) is 23.8 Å². The molecule has 30 rings (SSSR count). The smallest absolute Gasteiger partial charge is 0.136 e. The molecule has 3 aliphatic heterocycles. The number of imidazole rings is 3. The number of furan rings is 2.